The lowest BCUT2D eigenvalue weighted by atomic mass is 9.79. The van der Waals surface area contributed by atoms with Gasteiger partial charge < -0.3 is 0 Å². The summed E-state index contributed by atoms with van der Waals surface area (Å²) >= 11 is 13.8. The maximum atomic E-state index is 6.19. The Hall–Kier alpha value is 0.280. The molecule has 92 valence electrons. The van der Waals surface area contributed by atoms with Crippen LogP contribution < -0.4 is 0 Å². The fourth-order valence-electron chi connectivity index (χ4n) is 1.97. The lowest BCUT2D eigenvalue weighted by Crippen LogP contribution is -2.24. The van der Waals surface area contributed by atoms with Gasteiger partial charge in [-0.05, 0) is 36.8 Å². The van der Waals surface area contributed by atoms with Crippen molar-refractivity contribution in [3.8, 4) is 0 Å². The molecule has 0 amide bonds. The minimum absolute atomic E-state index is 0.270. The molecule has 0 aromatic carbocycles. The van der Waals surface area contributed by atoms with Gasteiger partial charge in [0.15, 0.2) is 0 Å². The van der Waals surface area contributed by atoms with Crippen molar-refractivity contribution < 1.29 is 0 Å². The molecule has 0 aliphatic carbocycles. The number of alkyl halides is 1. The van der Waals surface area contributed by atoms with E-state index < -0.39 is 0 Å². The Balaban J connectivity index is 2.69. The molecule has 0 aliphatic heterocycles. The highest BCUT2D eigenvalue weighted by atomic mass is 35.5. The van der Waals surface area contributed by atoms with Crippen molar-refractivity contribution >= 4 is 34.5 Å². The van der Waals surface area contributed by atoms with E-state index in [1.54, 1.807) is 11.3 Å². The topological polar surface area (TPSA) is 0 Å². The van der Waals surface area contributed by atoms with Crippen LogP contribution in [-0.4, -0.2) is 5.88 Å². The molecule has 0 spiro atoms. The van der Waals surface area contributed by atoms with Gasteiger partial charge in [0.25, 0.3) is 0 Å². The molecule has 0 bridgehead atoms. The number of rotatable bonds is 7. The summed E-state index contributed by atoms with van der Waals surface area (Å²) in [5.74, 6) is 0.749. The van der Waals surface area contributed by atoms with E-state index in [9.17, 15) is 0 Å². The molecule has 1 aromatic heterocycles. The first-order valence-corrected chi connectivity index (χ1v) is 7.69. The van der Waals surface area contributed by atoms with Gasteiger partial charge in [0, 0.05) is 10.8 Å². The smallest absolute Gasteiger partial charge is 0.0931 e. The summed E-state index contributed by atoms with van der Waals surface area (Å²) in [6.07, 6.45) is 5.94. The summed E-state index contributed by atoms with van der Waals surface area (Å²) < 4.78 is 0.880. The highest BCUT2D eigenvalue weighted by molar-refractivity contribution is 7.16. The van der Waals surface area contributed by atoms with E-state index >= 15 is 0 Å². The third-order valence-electron chi connectivity index (χ3n) is 3.27. The molecule has 1 aromatic rings. The maximum absolute atomic E-state index is 6.19. The van der Waals surface area contributed by atoms with Crippen molar-refractivity contribution in [3.63, 3.8) is 0 Å². The molecule has 0 nitrogen and oxygen atoms in total. The van der Waals surface area contributed by atoms with Crippen LogP contribution >= 0.6 is 34.5 Å². The molecule has 0 saturated carbocycles. The summed E-state index contributed by atoms with van der Waals surface area (Å²) in [5.41, 5.74) is 0.270. The Kier molecular flexibility index (Phi) is 6.17. The third-order valence-corrected chi connectivity index (χ3v) is 5.07. The first-order chi connectivity index (χ1) is 7.65. The Bertz CT molecular complexity index is 303. The fourth-order valence-corrected chi connectivity index (χ4v) is 3.65. The molecule has 0 N–H and O–H groups in total. The number of unbranched alkanes of at least 4 members (excludes halogenated alkanes) is 1. The molecule has 1 rings (SSSR count). The van der Waals surface area contributed by atoms with E-state index in [1.807, 2.05) is 6.07 Å². The molecule has 1 unspecified atom stereocenters. The molecule has 0 saturated heterocycles. The minimum Gasteiger partial charge on any atom is -0.128 e. The van der Waals surface area contributed by atoms with Gasteiger partial charge in [0.2, 0.25) is 0 Å². The van der Waals surface area contributed by atoms with Gasteiger partial charge in [-0.2, -0.15) is 0 Å². The van der Waals surface area contributed by atoms with Crippen LogP contribution in [0.15, 0.2) is 12.1 Å². The average Bonchev–Trinajstić information content (AvgIpc) is 2.70. The van der Waals surface area contributed by atoms with Crippen LogP contribution in [0, 0.1) is 5.41 Å². The van der Waals surface area contributed by atoms with Crippen molar-refractivity contribution in [1.82, 2.24) is 0 Å². The standard InChI is InChI=1S/C13H20Cl2S/c1-3-5-8-13(4-2,10-14)9-11-6-7-12(15)16-11/h6-7H,3-5,8-10H2,1-2H3. The van der Waals surface area contributed by atoms with Crippen molar-refractivity contribution in [2.45, 2.75) is 46.0 Å². The Morgan fingerprint density at radius 1 is 1.31 bits per heavy atom. The number of thiophene rings is 1. The van der Waals surface area contributed by atoms with E-state index in [2.05, 4.69) is 19.9 Å². The number of halogens is 2. The summed E-state index contributed by atoms with van der Waals surface area (Å²) in [6.45, 7) is 4.48. The van der Waals surface area contributed by atoms with E-state index in [4.69, 9.17) is 23.2 Å². The van der Waals surface area contributed by atoms with E-state index in [0.29, 0.717) is 0 Å². The number of hydrogen-bond acceptors (Lipinski definition) is 1. The van der Waals surface area contributed by atoms with Gasteiger partial charge in [-0.1, -0.05) is 38.3 Å². The zero-order valence-electron chi connectivity index (χ0n) is 10.1. The SMILES string of the molecule is CCCCC(CC)(CCl)Cc1ccc(Cl)s1. The van der Waals surface area contributed by atoms with Gasteiger partial charge in [0.05, 0.1) is 4.34 Å². The normalized spacial score (nSPS) is 15.0. The highest BCUT2D eigenvalue weighted by Gasteiger charge is 2.27. The summed E-state index contributed by atoms with van der Waals surface area (Å²) in [4.78, 5) is 1.36. The molecule has 0 radical (unpaired) electrons. The van der Waals surface area contributed by atoms with Crippen LogP contribution in [-0.2, 0) is 6.42 Å². The summed E-state index contributed by atoms with van der Waals surface area (Å²) in [7, 11) is 0. The molecule has 16 heavy (non-hydrogen) atoms. The average molecular weight is 279 g/mol. The van der Waals surface area contributed by atoms with Gasteiger partial charge in [-0.25, -0.2) is 0 Å². The van der Waals surface area contributed by atoms with Crippen LogP contribution in [0.3, 0.4) is 0 Å². The second-order valence-corrected chi connectivity index (χ2v) is 6.54. The van der Waals surface area contributed by atoms with E-state index in [0.717, 1.165) is 23.1 Å². The molecule has 1 heterocycles. The van der Waals surface area contributed by atoms with Crippen LogP contribution in [0.25, 0.3) is 0 Å². The van der Waals surface area contributed by atoms with Gasteiger partial charge in [-0.15, -0.1) is 22.9 Å². The zero-order valence-corrected chi connectivity index (χ0v) is 12.4. The first kappa shape index (κ1) is 14.3. The summed E-state index contributed by atoms with van der Waals surface area (Å²) in [5, 5.41) is 0. The van der Waals surface area contributed by atoms with E-state index in [-0.39, 0.29) is 5.41 Å². The molecule has 3 heteroatoms. The van der Waals surface area contributed by atoms with Gasteiger partial charge in [-0.3, -0.25) is 0 Å². The van der Waals surface area contributed by atoms with Crippen LogP contribution in [0.5, 0.6) is 0 Å². The monoisotopic (exact) mass is 278 g/mol. The fraction of sp³-hybridized carbons (Fsp3) is 0.692. The second kappa shape index (κ2) is 6.88. The maximum Gasteiger partial charge on any atom is 0.0931 e. The molecular formula is C13H20Cl2S. The van der Waals surface area contributed by atoms with Crippen molar-refractivity contribution in [2.24, 2.45) is 5.41 Å². The lowest BCUT2D eigenvalue weighted by molar-refractivity contribution is 0.281. The minimum atomic E-state index is 0.270. The van der Waals surface area contributed by atoms with Crippen molar-refractivity contribution in [3.05, 3.63) is 21.3 Å². The quantitative estimate of drug-likeness (QED) is 0.556. The van der Waals surface area contributed by atoms with E-state index in [1.165, 1.54) is 24.1 Å². The number of hydrogen-bond donors (Lipinski definition) is 0. The Morgan fingerprint density at radius 2 is 2.06 bits per heavy atom. The molecule has 0 fully saturated rings. The first-order valence-electron chi connectivity index (χ1n) is 5.96. The molecular weight excluding hydrogens is 259 g/mol. The third kappa shape index (κ3) is 3.94. The zero-order chi connectivity index (χ0) is 12.0. The largest absolute Gasteiger partial charge is 0.128 e. The molecule has 1 atom stereocenters. The predicted molar refractivity (Wildman–Crippen MR) is 76.0 cm³/mol. The van der Waals surface area contributed by atoms with Crippen molar-refractivity contribution in [2.75, 3.05) is 5.88 Å². The highest BCUT2D eigenvalue weighted by Crippen LogP contribution is 2.37. The van der Waals surface area contributed by atoms with Gasteiger partial charge in [0.1, 0.15) is 0 Å². The van der Waals surface area contributed by atoms with Crippen LogP contribution in [0.4, 0.5) is 0 Å². The van der Waals surface area contributed by atoms with Crippen LogP contribution in [0.2, 0.25) is 4.34 Å². The molecule has 0 aliphatic rings. The van der Waals surface area contributed by atoms with Gasteiger partial charge >= 0.3 is 0 Å². The Morgan fingerprint density at radius 3 is 2.50 bits per heavy atom. The lowest BCUT2D eigenvalue weighted by Gasteiger charge is -2.30. The second-order valence-electron chi connectivity index (χ2n) is 4.47. The Labute approximate surface area is 113 Å². The summed E-state index contributed by atoms with van der Waals surface area (Å²) in [6, 6.07) is 4.12. The van der Waals surface area contributed by atoms with Crippen molar-refractivity contribution in [1.29, 1.82) is 0 Å². The predicted octanol–water partition coefficient (Wildman–Crippen LogP) is 5.77. The van der Waals surface area contributed by atoms with Crippen LogP contribution in [0.1, 0.15) is 44.4 Å².